The van der Waals surface area contributed by atoms with Gasteiger partial charge < -0.3 is 4.74 Å². The first-order valence-corrected chi connectivity index (χ1v) is 10.1. The van der Waals surface area contributed by atoms with Crippen LogP contribution in [0.15, 0.2) is 11.6 Å². The molecule has 138 valence electrons. The molecule has 0 aromatic carbocycles. The van der Waals surface area contributed by atoms with Crippen LogP contribution >= 0.6 is 0 Å². The molecule has 0 N–H and O–H groups in total. The molecule has 0 aromatic heterocycles. The number of Topliss-reactive ketones (excluding diaryl/α,β-unsaturated/α-hetero) is 1. The standard InChI is InChI=1S/C22H32O3/c1-13(23)17-7-8-18-16-6-5-14-11-15(24)9-10-21(14,2)20(16)19(25-4)12-22(17,18)3/h11,16-20H,5-10,12H2,1-4H3/t16-,17+,18-,19+,20+,21-,22+/m0/s1. The van der Waals surface area contributed by atoms with Crippen molar-refractivity contribution < 1.29 is 14.3 Å². The molecule has 7 atom stereocenters. The molecule has 0 unspecified atom stereocenters. The van der Waals surface area contributed by atoms with Crippen LogP contribution in [0.5, 0.6) is 0 Å². The number of carbonyl (C=O) groups is 2. The molecule has 4 rings (SSSR count). The van der Waals surface area contributed by atoms with Crippen molar-refractivity contribution in [2.45, 2.75) is 71.8 Å². The predicted molar refractivity (Wildman–Crippen MR) is 97.1 cm³/mol. The minimum atomic E-state index is 0.0930. The lowest BCUT2D eigenvalue weighted by Gasteiger charge is -2.60. The summed E-state index contributed by atoms with van der Waals surface area (Å²) in [5.41, 5.74) is 1.57. The van der Waals surface area contributed by atoms with Crippen LogP contribution in [0.1, 0.15) is 65.7 Å². The van der Waals surface area contributed by atoms with Gasteiger partial charge in [0.05, 0.1) is 6.10 Å². The van der Waals surface area contributed by atoms with E-state index in [1.54, 1.807) is 6.92 Å². The fourth-order valence-corrected chi connectivity index (χ4v) is 7.54. The fourth-order valence-electron chi connectivity index (χ4n) is 7.54. The summed E-state index contributed by atoms with van der Waals surface area (Å²) in [6, 6.07) is 0. The number of carbonyl (C=O) groups excluding carboxylic acids is 2. The van der Waals surface area contributed by atoms with Crippen molar-refractivity contribution in [2.24, 2.45) is 34.5 Å². The van der Waals surface area contributed by atoms with E-state index in [0.29, 0.717) is 35.7 Å². The number of rotatable bonds is 2. The SMILES string of the molecule is CO[C@@H]1C[C@]2(C)[C@@H](C(C)=O)CC[C@H]2[C@@H]2CCC3=CC(=O)CC[C@]3(C)[C@H]21. The molecule has 0 aromatic rings. The van der Waals surface area contributed by atoms with Gasteiger partial charge in [-0.05, 0) is 80.1 Å². The van der Waals surface area contributed by atoms with Crippen LogP contribution in [0, 0.1) is 34.5 Å². The van der Waals surface area contributed by atoms with E-state index >= 15 is 0 Å². The van der Waals surface area contributed by atoms with Gasteiger partial charge in [-0.1, -0.05) is 19.4 Å². The monoisotopic (exact) mass is 344 g/mol. The highest BCUT2D eigenvalue weighted by atomic mass is 16.5. The maximum absolute atomic E-state index is 12.3. The molecule has 3 nitrogen and oxygen atoms in total. The van der Waals surface area contributed by atoms with Gasteiger partial charge in [-0.15, -0.1) is 0 Å². The van der Waals surface area contributed by atoms with Crippen molar-refractivity contribution in [1.82, 2.24) is 0 Å². The van der Waals surface area contributed by atoms with Crippen LogP contribution in [0.4, 0.5) is 0 Å². The Hall–Kier alpha value is -0.960. The molecule has 25 heavy (non-hydrogen) atoms. The first-order valence-electron chi connectivity index (χ1n) is 10.1. The Morgan fingerprint density at radius 3 is 2.64 bits per heavy atom. The summed E-state index contributed by atoms with van der Waals surface area (Å²) in [5.74, 6) is 2.63. The third-order valence-corrected chi connectivity index (χ3v) is 8.66. The van der Waals surface area contributed by atoms with Crippen molar-refractivity contribution in [3.05, 3.63) is 11.6 Å². The number of ketones is 2. The normalized spacial score (nSPS) is 49.0. The topological polar surface area (TPSA) is 43.4 Å². The average Bonchev–Trinajstić information content (AvgIpc) is 2.91. The molecular formula is C22H32O3. The van der Waals surface area contributed by atoms with E-state index in [0.717, 1.165) is 32.1 Å². The number of allylic oxidation sites excluding steroid dienone is 1. The summed E-state index contributed by atoms with van der Waals surface area (Å²) in [6.45, 7) is 6.52. The Kier molecular flexibility index (Phi) is 4.03. The molecule has 3 saturated carbocycles. The lowest BCUT2D eigenvalue weighted by Crippen LogP contribution is -2.57. The molecule has 0 bridgehead atoms. The first kappa shape index (κ1) is 17.5. The van der Waals surface area contributed by atoms with Crippen molar-refractivity contribution in [2.75, 3.05) is 7.11 Å². The summed E-state index contributed by atoms with van der Waals surface area (Å²) in [4.78, 5) is 24.3. The molecular weight excluding hydrogens is 312 g/mol. The Bertz CT molecular complexity index is 635. The van der Waals surface area contributed by atoms with Gasteiger partial charge in [-0.25, -0.2) is 0 Å². The molecule has 4 aliphatic rings. The van der Waals surface area contributed by atoms with Crippen LogP contribution in [0.3, 0.4) is 0 Å². The van der Waals surface area contributed by atoms with E-state index in [1.807, 2.05) is 13.2 Å². The van der Waals surface area contributed by atoms with Crippen LogP contribution < -0.4 is 0 Å². The van der Waals surface area contributed by atoms with E-state index in [-0.39, 0.29) is 22.9 Å². The molecule has 0 aliphatic heterocycles. The van der Waals surface area contributed by atoms with Crippen LogP contribution in [-0.4, -0.2) is 24.8 Å². The maximum Gasteiger partial charge on any atom is 0.155 e. The molecule has 4 aliphatic carbocycles. The Labute approximate surface area is 151 Å². The van der Waals surface area contributed by atoms with Crippen molar-refractivity contribution in [1.29, 1.82) is 0 Å². The zero-order chi connectivity index (χ0) is 18.0. The van der Waals surface area contributed by atoms with Gasteiger partial charge in [0.15, 0.2) is 5.78 Å². The van der Waals surface area contributed by atoms with Gasteiger partial charge in [0, 0.05) is 19.4 Å². The third-order valence-electron chi connectivity index (χ3n) is 8.66. The molecule has 0 radical (unpaired) electrons. The minimum Gasteiger partial charge on any atom is -0.381 e. The second-order valence-corrected chi connectivity index (χ2v) is 9.61. The van der Waals surface area contributed by atoms with E-state index in [4.69, 9.17) is 4.74 Å². The second-order valence-electron chi connectivity index (χ2n) is 9.61. The summed E-state index contributed by atoms with van der Waals surface area (Å²) in [6.07, 6.45) is 9.24. The zero-order valence-electron chi connectivity index (χ0n) is 16.1. The molecule has 0 heterocycles. The summed E-state index contributed by atoms with van der Waals surface area (Å²) < 4.78 is 6.08. The van der Waals surface area contributed by atoms with Gasteiger partial charge in [-0.2, -0.15) is 0 Å². The Morgan fingerprint density at radius 1 is 1.20 bits per heavy atom. The number of hydrogen-bond acceptors (Lipinski definition) is 3. The number of fused-ring (bicyclic) bond motifs is 5. The molecule has 3 fully saturated rings. The number of hydrogen-bond donors (Lipinski definition) is 0. The summed E-state index contributed by atoms with van der Waals surface area (Å²) in [7, 11) is 1.85. The van der Waals surface area contributed by atoms with E-state index in [2.05, 4.69) is 13.8 Å². The van der Waals surface area contributed by atoms with Crippen LogP contribution in [0.2, 0.25) is 0 Å². The maximum atomic E-state index is 12.3. The van der Waals surface area contributed by atoms with Gasteiger partial charge in [-0.3, -0.25) is 9.59 Å². The van der Waals surface area contributed by atoms with Crippen LogP contribution in [-0.2, 0) is 14.3 Å². The Balaban J connectivity index is 1.75. The lowest BCUT2D eigenvalue weighted by molar-refractivity contribution is -0.150. The number of ether oxygens (including phenoxy) is 1. The highest BCUT2D eigenvalue weighted by molar-refractivity contribution is 5.91. The highest BCUT2D eigenvalue weighted by Gasteiger charge is 2.62. The predicted octanol–water partition coefficient (Wildman–Crippen LogP) is 4.35. The van der Waals surface area contributed by atoms with Crippen molar-refractivity contribution >= 4 is 11.6 Å². The Morgan fingerprint density at radius 2 is 1.96 bits per heavy atom. The van der Waals surface area contributed by atoms with Gasteiger partial charge in [0.1, 0.15) is 5.78 Å². The fraction of sp³-hybridized carbons (Fsp3) is 0.818. The summed E-state index contributed by atoms with van der Waals surface area (Å²) in [5, 5.41) is 0. The van der Waals surface area contributed by atoms with Crippen LogP contribution in [0.25, 0.3) is 0 Å². The van der Waals surface area contributed by atoms with Gasteiger partial charge >= 0.3 is 0 Å². The van der Waals surface area contributed by atoms with E-state index in [1.165, 1.54) is 12.0 Å². The first-order chi connectivity index (χ1) is 11.8. The second kappa shape index (κ2) is 5.77. The average molecular weight is 344 g/mol. The van der Waals surface area contributed by atoms with Gasteiger partial charge in [0.25, 0.3) is 0 Å². The molecule has 3 heteroatoms. The van der Waals surface area contributed by atoms with Gasteiger partial charge in [0.2, 0.25) is 0 Å². The number of methoxy groups -OCH3 is 1. The quantitative estimate of drug-likeness (QED) is 0.748. The molecule has 0 saturated heterocycles. The van der Waals surface area contributed by atoms with Crippen molar-refractivity contribution in [3.8, 4) is 0 Å². The highest BCUT2D eigenvalue weighted by Crippen LogP contribution is 2.67. The van der Waals surface area contributed by atoms with E-state index < -0.39 is 0 Å². The zero-order valence-corrected chi connectivity index (χ0v) is 16.1. The largest absolute Gasteiger partial charge is 0.381 e. The van der Waals surface area contributed by atoms with Crippen molar-refractivity contribution in [3.63, 3.8) is 0 Å². The smallest absolute Gasteiger partial charge is 0.155 e. The lowest BCUT2D eigenvalue weighted by atomic mass is 9.46. The summed E-state index contributed by atoms with van der Waals surface area (Å²) >= 11 is 0. The van der Waals surface area contributed by atoms with E-state index in [9.17, 15) is 9.59 Å². The molecule has 0 amide bonds. The third kappa shape index (κ3) is 2.34. The molecule has 0 spiro atoms. The minimum absolute atomic E-state index is 0.0930.